The summed E-state index contributed by atoms with van der Waals surface area (Å²) >= 11 is 3.25. The Balaban J connectivity index is 1.76. The molecule has 0 fully saturated rings. The van der Waals surface area contributed by atoms with E-state index in [0.29, 0.717) is 10.0 Å². The predicted octanol–water partition coefficient (Wildman–Crippen LogP) is 4.30. The number of aliphatic hydroxyl groups is 1. The van der Waals surface area contributed by atoms with E-state index in [-0.39, 0.29) is 11.4 Å². The zero-order valence-corrected chi connectivity index (χ0v) is 17.2. The summed E-state index contributed by atoms with van der Waals surface area (Å²) in [6.07, 6.45) is 0. The molecule has 27 heavy (non-hydrogen) atoms. The highest BCUT2D eigenvalue weighted by Gasteiger charge is 2.27. The van der Waals surface area contributed by atoms with E-state index in [4.69, 9.17) is 0 Å². The van der Waals surface area contributed by atoms with Crippen LogP contribution in [0.2, 0.25) is 0 Å². The number of rotatable bonds is 6. The van der Waals surface area contributed by atoms with Crippen molar-refractivity contribution in [2.24, 2.45) is 0 Å². The minimum absolute atomic E-state index is 0.138. The molecule has 140 valence electrons. The van der Waals surface area contributed by atoms with Gasteiger partial charge in [-0.25, -0.2) is 13.1 Å². The van der Waals surface area contributed by atoms with Crippen LogP contribution < -0.4 is 4.72 Å². The number of nitrogens with one attached hydrogen (secondary N) is 1. The molecule has 0 aliphatic heterocycles. The normalized spacial score (nSPS) is 13.9. The van der Waals surface area contributed by atoms with Gasteiger partial charge in [0.15, 0.2) is 0 Å². The van der Waals surface area contributed by atoms with Crippen LogP contribution in [0, 0.1) is 0 Å². The SMILES string of the molecule is CC(O)(CNS(=O)(=O)c1ccccc1Br)c1ccc(-c2ccccc2)cc1. The number of halogens is 1. The molecule has 0 amide bonds. The second-order valence-electron chi connectivity index (χ2n) is 6.47. The molecule has 0 saturated carbocycles. The van der Waals surface area contributed by atoms with Crippen molar-refractivity contribution in [3.63, 3.8) is 0 Å². The summed E-state index contributed by atoms with van der Waals surface area (Å²) in [7, 11) is -3.74. The van der Waals surface area contributed by atoms with Crippen LogP contribution >= 0.6 is 15.9 Å². The quantitative estimate of drug-likeness (QED) is 0.594. The van der Waals surface area contributed by atoms with Gasteiger partial charge in [-0.05, 0) is 51.7 Å². The fraction of sp³-hybridized carbons (Fsp3) is 0.143. The molecule has 3 rings (SSSR count). The largest absolute Gasteiger partial charge is 0.384 e. The van der Waals surface area contributed by atoms with Gasteiger partial charge < -0.3 is 5.11 Å². The Morgan fingerprint density at radius 2 is 1.44 bits per heavy atom. The molecule has 3 aromatic rings. The van der Waals surface area contributed by atoms with Crippen molar-refractivity contribution in [2.45, 2.75) is 17.4 Å². The number of hydrogen-bond acceptors (Lipinski definition) is 3. The second kappa shape index (κ2) is 7.94. The summed E-state index contributed by atoms with van der Waals surface area (Å²) in [6.45, 7) is 1.45. The Hall–Kier alpha value is -1.99. The van der Waals surface area contributed by atoms with Crippen molar-refractivity contribution < 1.29 is 13.5 Å². The lowest BCUT2D eigenvalue weighted by Crippen LogP contribution is -2.38. The molecule has 4 nitrogen and oxygen atoms in total. The van der Waals surface area contributed by atoms with E-state index in [1.54, 1.807) is 25.1 Å². The third-order valence-corrected chi connectivity index (χ3v) is 6.76. The molecular weight excluding hydrogens is 426 g/mol. The number of hydrogen-bond donors (Lipinski definition) is 2. The minimum Gasteiger partial charge on any atom is -0.384 e. The smallest absolute Gasteiger partial charge is 0.241 e. The van der Waals surface area contributed by atoms with Crippen LogP contribution in [0.5, 0.6) is 0 Å². The summed E-state index contributed by atoms with van der Waals surface area (Å²) in [5.41, 5.74) is 1.41. The van der Waals surface area contributed by atoms with Crippen molar-refractivity contribution in [2.75, 3.05) is 6.54 Å². The van der Waals surface area contributed by atoms with Gasteiger partial charge in [-0.15, -0.1) is 0 Å². The summed E-state index contributed by atoms with van der Waals surface area (Å²) in [5, 5.41) is 10.8. The van der Waals surface area contributed by atoms with Gasteiger partial charge in [0, 0.05) is 11.0 Å². The van der Waals surface area contributed by atoms with Gasteiger partial charge in [-0.1, -0.05) is 66.7 Å². The molecule has 2 N–H and O–H groups in total. The fourth-order valence-corrected chi connectivity index (χ4v) is 4.86. The van der Waals surface area contributed by atoms with Gasteiger partial charge in [-0.3, -0.25) is 0 Å². The maximum absolute atomic E-state index is 12.5. The van der Waals surface area contributed by atoms with Crippen molar-refractivity contribution in [1.82, 2.24) is 4.72 Å². The fourth-order valence-electron chi connectivity index (χ4n) is 2.73. The average molecular weight is 446 g/mol. The molecule has 6 heteroatoms. The summed E-state index contributed by atoms with van der Waals surface area (Å²) in [6, 6.07) is 24.0. The first-order valence-corrected chi connectivity index (χ1v) is 10.7. The zero-order chi connectivity index (χ0) is 19.5. The van der Waals surface area contributed by atoms with Crippen molar-refractivity contribution in [3.05, 3.63) is 88.9 Å². The molecule has 0 spiro atoms. The average Bonchev–Trinajstić information content (AvgIpc) is 2.68. The number of sulfonamides is 1. The van der Waals surface area contributed by atoms with Crippen LogP contribution in [0.4, 0.5) is 0 Å². The Morgan fingerprint density at radius 1 is 0.889 bits per heavy atom. The standard InChI is InChI=1S/C21H20BrNO3S/c1-21(24,15-23-27(25,26)20-10-6-5-9-19(20)22)18-13-11-17(12-14-18)16-7-3-2-4-8-16/h2-14,23-24H,15H2,1H3. The molecule has 0 aliphatic rings. The molecular formula is C21H20BrNO3S. The van der Waals surface area contributed by atoms with E-state index in [2.05, 4.69) is 20.7 Å². The highest BCUT2D eigenvalue weighted by molar-refractivity contribution is 9.10. The van der Waals surface area contributed by atoms with E-state index in [9.17, 15) is 13.5 Å². The molecule has 0 radical (unpaired) electrons. The van der Waals surface area contributed by atoms with Gasteiger partial charge in [0.05, 0.1) is 4.90 Å². The first-order valence-electron chi connectivity index (χ1n) is 8.42. The zero-order valence-electron chi connectivity index (χ0n) is 14.8. The lowest BCUT2D eigenvalue weighted by molar-refractivity contribution is 0.0627. The summed E-state index contributed by atoms with van der Waals surface area (Å²) in [4.78, 5) is 0.139. The van der Waals surface area contributed by atoms with Crippen molar-refractivity contribution in [1.29, 1.82) is 0 Å². The summed E-state index contributed by atoms with van der Waals surface area (Å²) in [5.74, 6) is 0. The topological polar surface area (TPSA) is 66.4 Å². The Labute approximate surface area is 168 Å². The maximum Gasteiger partial charge on any atom is 0.241 e. The summed E-state index contributed by atoms with van der Waals surface area (Å²) < 4.78 is 28.0. The molecule has 1 atom stereocenters. The second-order valence-corrected chi connectivity index (χ2v) is 9.06. The Kier molecular flexibility index (Phi) is 5.81. The van der Waals surface area contributed by atoms with Crippen LogP contribution in [-0.4, -0.2) is 20.1 Å². The number of benzene rings is 3. The first-order chi connectivity index (χ1) is 12.8. The van der Waals surface area contributed by atoms with Gasteiger partial charge in [0.25, 0.3) is 0 Å². The molecule has 0 bridgehead atoms. The van der Waals surface area contributed by atoms with Crippen molar-refractivity contribution in [3.8, 4) is 11.1 Å². The molecule has 0 saturated heterocycles. The molecule has 0 heterocycles. The Bertz CT molecular complexity index is 1020. The van der Waals surface area contributed by atoms with E-state index >= 15 is 0 Å². The third kappa shape index (κ3) is 4.65. The maximum atomic E-state index is 12.5. The van der Waals surface area contributed by atoms with E-state index in [1.165, 1.54) is 6.07 Å². The monoisotopic (exact) mass is 445 g/mol. The lowest BCUT2D eigenvalue weighted by Gasteiger charge is -2.24. The van der Waals surface area contributed by atoms with E-state index in [0.717, 1.165) is 11.1 Å². The van der Waals surface area contributed by atoms with Crippen LogP contribution in [-0.2, 0) is 15.6 Å². The van der Waals surface area contributed by atoms with Gasteiger partial charge in [-0.2, -0.15) is 0 Å². The van der Waals surface area contributed by atoms with Crippen molar-refractivity contribution >= 4 is 26.0 Å². The molecule has 1 unspecified atom stereocenters. The van der Waals surface area contributed by atoms with Gasteiger partial charge in [0.2, 0.25) is 10.0 Å². The molecule has 3 aromatic carbocycles. The van der Waals surface area contributed by atoms with Crippen LogP contribution in [0.15, 0.2) is 88.2 Å². The van der Waals surface area contributed by atoms with Crippen LogP contribution in [0.25, 0.3) is 11.1 Å². The lowest BCUT2D eigenvalue weighted by atomic mass is 9.94. The highest BCUT2D eigenvalue weighted by Crippen LogP contribution is 2.26. The first kappa shape index (κ1) is 19.8. The Morgan fingerprint density at radius 3 is 2.07 bits per heavy atom. The van der Waals surface area contributed by atoms with Crippen LogP contribution in [0.1, 0.15) is 12.5 Å². The highest BCUT2D eigenvalue weighted by atomic mass is 79.9. The molecule has 0 aromatic heterocycles. The minimum atomic E-state index is -3.74. The third-order valence-electron chi connectivity index (χ3n) is 4.35. The molecule has 0 aliphatic carbocycles. The van der Waals surface area contributed by atoms with Gasteiger partial charge in [0.1, 0.15) is 5.60 Å². The van der Waals surface area contributed by atoms with Crippen LogP contribution in [0.3, 0.4) is 0 Å². The van der Waals surface area contributed by atoms with Gasteiger partial charge >= 0.3 is 0 Å². The van der Waals surface area contributed by atoms with E-state index < -0.39 is 15.6 Å². The van der Waals surface area contributed by atoms with E-state index in [1.807, 2.05) is 54.6 Å². The predicted molar refractivity (Wildman–Crippen MR) is 111 cm³/mol.